The molecule has 0 aliphatic carbocycles. The Hall–Kier alpha value is -5.04. The quantitative estimate of drug-likeness (QED) is 0.112. The van der Waals surface area contributed by atoms with Gasteiger partial charge in [0.2, 0.25) is 0 Å². The van der Waals surface area contributed by atoms with E-state index in [1.807, 2.05) is 31.9 Å². The van der Waals surface area contributed by atoms with E-state index in [4.69, 9.17) is 51.9 Å². The molecular weight excluding hydrogens is 655 g/mol. The highest BCUT2D eigenvalue weighted by molar-refractivity contribution is 7.71. The molecule has 7 aromatic rings. The number of nitrogens with zero attached hydrogens (tertiary/aromatic N) is 6. The summed E-state index contributed by atoms with van der Waals surface area (Å²) in [6.07, 6.45) is 2.43. The van der Waals surface area contributed by atoms with Crippen LogP contribution < -0.4 is 0 Å². The van der Waals surface area contributed by atoms with Crippen molar-refractivity contribution in [2.45, 2.75) is 38.9 Å². The van der Waals surface area contributed by atoms with E-state index in [1.54, 1.807) is 0 Å². The van der Waals surface area contributed by atoms with Crippen LogP contribution in [0.1, 0.15) is 16.7 Å². The van der Waals surface area contributed by atoms with Gasteiger partial charge in [-0.25, -0.2) is 0 Å². The molecule has 3 N–H and O–H groups in total. The second-order valence-corrected chi connectivity index (χ2v) is 12.7. The van der Waals surface area contributed by atoms with Gasteiger partial charge in [-0.3, -0.25) is 29.0 Å². The second kappa shape index (κ2) is 14.4. The van der Waals surface area contributed by atoms with Crippen molar-refractivity contribution in [3.8, 4) is 34.2 Å². The number of nitrogens with one attached hydrogen (secondary N) is 3. The lowest BCUT2D eigenvalue weighted by atomic mass is 10.0. The minimum absolute atomic E-state index is 0.559. The van der Waals surface area contributed by atoms with Crippen LogP contribution in [0.4, 0.5) is 0 Å². The molecule has 12 heteroatoms. The van der Waals surface area contributed by atoms with E-state index in [-0.39, 0.29) is 0 Å². The lowest BCUT2D eigenvalue weighted by Crippen LogP contribution is -2.07. The molecule has 9 nitrogen and oxygen atoms in total. The number of hydrogen-bond donors (Lipinski definition) is 3. The lowest BCUT2D eigenvalue weighted by molar-refractivity contribution is 0.689. The number of aromatic amines is 3. The summed E-state index contributed by atoms with van der Waals surface area (Å²) in [6.45, 7) is 2.00. The topological polar surface area (TPSA) is 101 Å². The number of aryl methyl sites for hydroxylation is 3. The second-order valence-electron chi connectivity index (χ2n) is 11.5. The average molecular weight is 688 g/mol. The van der Waals surface area contributed by atoms with Crippen molar-refractivity contribution < 1.29 is 0 Å². The van der Waals surface area contributed by atoms with Gasteiger partial charge < -0.3 is 0 Å². The maximum Gasteiger partial charge on any atom is 0.195 e. The summed E-state index contributed by atoms with van der Waals surface area (Å²) in [6, 6.07) is 37.4. The van der Waals surface area contributed by atoms with Gasteiger partial charge in [-0.2, -0.15) is 15.3 Å². The van der Waals surface area contributed by atoms with Gasteiger partial charge in [-0.15, -0.1) is 0 Å². The molecule has 7 rings (SSSR count). The Bertz CT molecular complexity index is 2040. The van der Waals surface area contributed by atoms with Crippen molar-refractivity contribution in [3.63, 3.8) is 0 Å². The van der Waals surface area contributed by atoms with E-state index in [2.05, 4.69) is 106 Å². The first-order chi connectivity index (χ1) is 23.5. The molecule has 0 spiro atoms. The zero-order valence-corrected chi connectivity index (χ0v) is 28.5. The molecule has 0 radical (unpaired) electrons. The molecule has 0 saturated carbocycles. The highest BCUT2D eigenvalue weighted by Crippen LogP contribution is 2.32. The van der Waals surface area contributed by atoms with Crippen LogP contribution in [0, 0.1) is 14.3 Å². The Morgan fingerprint density at radius 3 is 0.958 bits per heavy atom. The molecule has 240 valence electrons. The first kappa shape index (κ1) is 31.6. The summed E-state index contributed by atoms with van der Waals surface area (Å²) >= 11 is 17.2. The maximum atomic E-state index is 5.73. The average Bonchev–Trinajstić information content (AvgIpc) is 3.81. The van der Waals surface area contributed by atoms with Gasteiger partial charge in [-0.05, 0) is 90.8 Å². The molecule has 3 heterocycles. The third-order valence-electron chi connectivity index (χ3n) is 8.38. The smallest absolute Gasteiger partial charge is 0.195 e. The predicted octanol–water partition coefficient (Wildman–Crippen LogP) is 8.18. The van der Waals surface area contributed by atoms with Crippen LogP contribution in [0.2, 0.25) is 0 Å². The number of hydrogen-bond acceptors (Lipinski definition) is 6. The Balaban J connectivity index is 1.31. The normalized spacial score (nSPS) is 11.2. The summed E-state index contributed by atoms with van der Waals surface area (Å²) < 4.78 is 7.82. The minimum Gasteiger partial charge on any atom is -0.300 e. The highest BCUT2D eigenvalue weighted by Gasteiger charge is 2.19. The predicted molar refractivity (Wildman–Crippen MR) is 196 cm³/mol. The van der Waals surface area contributed by atoms with E-state index in [9.17, 15) is 0 Å². The van der Waals surface area contributed by atoms with Crippen molar-refractivity contribution in [2.75, 3.05) is 0 Å². The molecule has 0 atom stereocenters. The van der Waals surface area contributed by atoms with Gasteiger partial charge in [0, 0.05) is 36.3 Å². The van der Waals surface area contributed by atoms with E-state index in [1.165, 1.54) is 16.7 Å². The zero-order chi connectivity index (χ0) is 32.9. The fourth-order valence-electron chi connectivity index (χ4n) is 5.91. The van der Waals surface area contributed by atoms with Crippen LogP contribution in [0.25, 0.3) is 34.2 Å². The molecule has 0 aliphatic rings. The van der Waals surface area contributed by atoms with Crippen LogP contribution in [-0.2, 0) is 38.9 Å². The third kappa shape index (κ3) is 6.96. The first-order valence-corrected chi connectivity index (χ1v) is 17.0. The summed E-state index contributed by atoms with van der Waals surface area (Å²) in [7, 11) is 0. The van der Waals surface area contributed by atoms with Gasteiger partial charge in [-0.1, -0.05) is 91.0 Å². The molecule has 0 unspecified atom stereocenters. The number of rotatable bonds is 12. The summed E-state index contributed by atoms with van der Waals surface area (Å²) in [5.41, 5.74) is 6.29. The monoisotopic (exact) mass is 687 g/mol. The molecule has 0 bridgehead atoms. The van der Waals surface area contributed by atoms with Gasteiger partial charge in [0.25, 0.3) is 0 Å². The summed E-state index contributed by atoms with van der Waals surface area (Å²) in [5, 5.41) is 23.2. The van der Waals surface area contributed by atoms with Crippen LogP contribution in [0.5, 0.6) is 0 Å². The van der Waals surface area contributed by atoms with Crippen molar-refractivity contribution in [3.05, 3.63) is 140 Å². The number of aromatic nitrogens is 9. The van der Waals surface area contributed by atoms with Crippen LogP contribution in [-0.4, -0.2) is 44.3 Å². The molecule has 4 aromatic carbocycles. The van der Waals surface area contributed by atoms with Gasteiger partial charge in [0.05, 0.1) is 0 Å². The molecule has 3 aromatic heterocycles. The van der Waals surface area contributed by atoms with Crippen LogP contribution in [0.15, 0.2) is 109 Å². The molecule has 0 aliphatic heterocycles. The standard InChI is InChI=1S/C36H33N9S3/c46-34-40-37-31(43(34)19-16-25-10-4-1-5-11-25)28-22-29(32-38-41-35(47)44(32)20-17-26-12-6-2-7-13-26)24-30(23-28)33-39-42-36(48)45(33)21-18-27-14-8-3-9-15-27/h1-15,22-24H,16-21H2,(H,40,46)(H,41,47)(H,42,48). The fraction of sp³-hybridized carbons (Fsp3) is 0.167. The van der Waals surface area contributed by atoms with Gasteiger partial charge in [0.1, 0.15) is 0 Å². The lowest BCUT2D eigenvalue weighted by Gasteiger charge is -2.13. The Morgan fingerprint density at radius 2 is 0.688 bits per heavy atom. The van der Waals surface area contributed by atoms with Crippen LogP contribution >= 0.6 is 36.7 Å². The largest absolute Gasteiger partial charge is 0.300 e. The third-order valence-corrected chi connectivity index (χ3v) is 9.32. The maximum absolute atomic E-state index is 5.73. The van der Waals surface area contributed by atoms with Gasteiger partial charge in [0.15, 0.2) is 31.8 Å². The fourth-order valence-corrected chi connectivity index (χ4v) is 6.58. The van der Waals surface area contributed by atoms with Crippen molar-refractivity contribution >= 4 is 36.7 Å². The van der Waals surface area contributed by atoms with E-state index < -0.39 is 0 Å². The van der Waals surface area contributed by atoms with E-state index >= 15 is 0 Å². The molecule has 0 saturated heterocycles. The SMILES string of the molecule is S=c1[nH]nc(-c2cc(-c3n[nH]c(=S)n3CCc3ccccc3)cc(-c3n[nH]c(=S)n3CCc3ccccc3)c2)n1CCc1ccccc1. The Kier molecular flexibility index (Phi) is 9.46. The molecule has 0 fully saturated rings. The van der Waals surface area contributed by atoms with Crippen molar-refractivity contribution in [1.82, 2.24) is 44.3 Å². The summed E-state index contributed by atoms with van der Waals surface area (Å²) in [5.74, 6) is 2.19. The summed E-state index contributed by atoms with van der Waals surface area (Å²) in [4.78, 5) is 0. The molecule has 0 amide bonds. The van der Waals surface area contributed by atoms with Crippen molar-refractivity contribution in [2.24, 2.45) is 0 Å². The molecule has 48 heavy (non-hydrogen) atoms. The minimum atomic E-state index is 0.559. The number of benzene rings is 4. The van der Waals surface area contributed by atoms with E-state index in [0.717, 1.165) is 53.4 Å². The Labute approximate surface area is 293 Å². The Morgan fingerprint density at radius 1 is 0.417 bits per heavy atom. The van der Waals surface area contributed by atoms with Crippen LogP contribution in [0.3, 0.4) is 0 Å². The van der Waals surface area contributed by atoms with Gasteiger partial charge >= 0.3 is 0 Å². The number of H-pyrrole nitrogens is 3. The molecular formula is C36H33N9S3. The highest BCUT2D eigenvalue weighted by atomic mass is 32.1. The zero-order valence-electron chi connectivity index (χ0n) is 26.0. The van der Waals surface area contributed by atoms with Crippen molar-refractivity contribution in [1.29, 1.82) is 0 Å². The first-order valence-electron chi connectivity index (χ1n) is 15.8. The van der Waals surface area contributed by atoms with E-state index in [0.29, 0.717) is 33.9 Å².